The largest absolute Gasteiger partial charge is 0.434 e. The molecule has 0 amide bonds. The van der Waals surface area contributed by atoms with E-state index in [2.05, 4.69) is 20.6 Å². The van der Waals surface area contributed by atoms with E-state index in [1.165, 1.54) is 0 Å². The highest BCUT2D eigenvalue weighted by molar-refractivity contribution is 7.09. The number of thiazole rings is 1. The van der Waals surface area contributed by atoms with E-state index >= 15 is 0 Å². The van der Waals surface area contributed by atoms with Crippen LogP contribution in [0.1, 0.15) is 29.2 Å². The van der Waals surface area contributed by atoms with E-state index in [0.29, 0.717) is 16.0 Å². The summed E-state index contributed by atoms with van der Waals surface area (Å²) in [6.45, 7) is 2.11. The Labute approximate surface area is 146 Å². The lowest BCUT2D eigenvalue weighted by molar-refractivity contribution is -0.140. The second-order valence-electron chi connectivity index (χ2n) is 4.97. The van der Waals surface area contributed by atoms with Crippen molar-refractivity contribution in [3.8, 4) is 0 Å². The molecule has 1 aromatic carbocycles. The first-order valence-corrected chi connectivity index (χ1v) is 8.29. The summed E-state index contributed by atoms with van der Waals surface area (Å²) in [5.41, 5.74) is 0.137. The average molecular weight is 377 g/mol. The van der Waals surface area contributed by atoms with Crippen LogP contribution in [-0.2, 0) is 12.7 Å². The van der Waals surface area contributed by atoms with Gasteiger partial charge in [0.2, 0.25) is 0 Å². The van der Waals surface area contributed by atoms with Crippen LogP contribution in [0.15, 0.2) is 34.6 Å². The Balaban J connectivity index is 1.93. The van der Waals surface area contributed by atoms with E-state index in [1.807, 2.05) is 19.1 Å². The van der Waals surface area contributed by atoms with Gasteiger partial charge in [-0.05, 0) is 24.6 Å². The molecule has 0 fully saturated rings. The number of nitrogens with one attached hydrogen (secondary N) is 2. The fraction of sp³-hybridized carbons (Fsp3) is 0.333. The number of alkyl halides is 3. The quantitative estimate of drug-likeness (QED) is 0.619. The Morgan fingerprint density at radius 1 is 1.33 bits per heavy atom. The molecule has 0 aliphatic carbocycles. The van der Waals surface area contributed by atoms with Crippen LogP contribution in [0.5, 0.6) is 0 Å². The summed E-state index contributed by atoms with van der Waals surface area (Å²) in [7, 11) is 1.59. The number of hydrogen-bond donors (Lipinski definition) is 2. The molecule has 0 aliphatic rings. The third-order valence-electron chi connectivity index (χ3n) is 3.20. The van der Waals surface area contributed by atoms with E-state index < -0.39 is 11.9 Å². The molecule has 0 saturated carbocycles. The molecular weight excluding hydrogens is 361 g/mol. The van der Waals surface area contributed by atoms with Gasteiger partial charge in [-0.1, -0.05) is 23.7 Å². The number of guanidine groups is 1. The Kier molecular flexibility index (Phi) is 6.06. The summed E-state index contributed by atoms with van der Waals surface area (Å²) in [6.07, 6.45) is -4.42. The number of rotatable bonds is 4. The van der Waals surface area contributed by atoms with E-state index in [9.17, 15) is 13.2 Å². The van der Waals surface area contributed by atoms with E-state index in [1.54, 1.807) is 19.2 Å². The Hall–Kier alpha value is -1.80. The minimum atomic E-state index is -4.42. The van der Waals surface area contributed by atoms with Gasteiger partial charge in [0.1, 0.15) is 5.01 Å². The van der Waals surface area contributed by atoms with Crippen molar-refractivity contribution < 1.29 is 13.2 Å². The first-order chi connectivity index (χ1) is 11.3. The Bertz CT molecular complexity index is 697. The first-order valence-electron chi connectivity index (χ1n) is 7.04. The molecule has 24 heavy (non-hydrogen) atoms. The number of nitrogens with zero attached hydrogens (tertiary/aromatic N) is 2. The monoisotopic (exact) mass is 376 g/mol. The second kappa shape index (κ2) is 7.85. The van der Waals surface area contributed by atoms with Crippen LogP contribution in [0.4, 0.5) is 13.2 Å². The molecule has 130 valence electrons. The van der Waals surface area contributed by atoms with E-state index in [-0.39, 0.29) is 12.6 Å². The summed E-state index contributed by atoms with van der Waals surface area (Å²) in [4.78, 5) is 7.63. The van der Waals surface area contributed by atoms with Gasteiger partial charge in [0, 0.05) is 17.5 Å². The summed E-state index contributed by atoms with van der Waals surface area (Å²) in [6, 6.07) is 7.32. The molecule has 0 aliphatic heterocycles. The van der Waals surface area contributed by atoms with E-state index in [4.69, 9.17) is 11.6 Å². The van der Waals surface area contributed by atoms with Crippen LogP contribution in [0.25, 0.3) is 0 Å². The molecular formula is C15H16ClF3N4S. The van der Waals surface area contributed by atoms with Crippen LogP contribution in [0.2, 0.25) is 5.02 Å². The van der Waals surface area contributed by atoms with Crippen LogP contribution in [0.3, 0.4) is 0 Å². The highest BCUT2D eigenvalue weighted by Gasteiger charge is 2.33. The van der Waals surface area contributed by atoms with Crippen molar-refractivity contribution in [3.05, 3.63) is 50.9 Å². The maximum atomic E-state index is 12.5. The minimum Gasteiger partial charge on any atom is -0.350 e. The van der Waals surface area contributed by atoms with Crippen molar-refractivity contribution in [2.24, 2.45) is 4.99 Å². The molecule has 1 atom stereocenters. The standard InChI is InChI=1S/C15H16ClF3N4S/c1-9(10-3-5-11(16)6-4-10)22-14(20-2)21-7-13-23-12(8-24-13)15(17,18)19/h3-6,8-9H,7H2,1-2H3,(H2,20,21,22). The predicted molar refractivity (Wildman–Crippen MR) is 90.3 cm³/mol. The summed E-state index contributed by atoms with van der Waals surface area (Å²) in [5.74, 6) is 0.473. The molecule has 2 rings (SSSR count). The van der Waals surface area contributed by atoms with Gasteiger partial charge in [-0.15, -0.1) is 11.3 Å². The average Bonchev–Trinajstić information content (AvgIpc) is 3.01. The number of aliphatic imine (C=N–C) groups is 1. The molecule has 1 heterocycles. The van der Waals surface area contributed by atoms with Gasteiger partial charge in [0.05, 0.1) is 12.6 Å². The van der Waals surface area contributed by atoms with Crippen molar-refractivity contribution >= 4 is 28.9 Å². The van der Waals surface area contributed by atoms with Crippen LogP contribution in [0, 0.1) is 0 Å². The van der Waals surface area contributed by atoms with Crippen molar-refractivity contribution in [1.29, 1.82) is 0 Å². The molecule has 0 bridgehead atoms. The topological polar surface area (TPSA) is 49.3 Å². The lowest BCUT2D eigenvalue weighted by atomic mass is 10.1. The summed E-state index contributed by atoms with van der Waals surface area (Å²) >= 11 is 6.81. The van der Waals surface area contributed by atoms with Gasteiger partial charge >= 0.3 is 6.18 Å². The second-order valence-corrected chi connectivity index (χ2v) is 6.35. The molecule has 2 N–H and O–H groups in total. The lowest BCUT2D eigenvalue weighted by Gasteiger charge is -2.18. The van der Waals surface area contributed by atoms with Gasteiger partial charge in [-0.2, -0.15) is 13.2 Å². The zero-order valence-corrected chi connectivity index (χ0v) is 14.6. The third-order valence-corrected chi connectivity index (χ3v) is 4.30. The molecule has 9 heteroatoms. The van der Waals surface area contributed by atoms with Gasteiger partial charge in [-0.25, -0.2) is 4.98 Å². The highest BCUT2D eigenvalue weighted by Crippen LogP contribution is 2.29. The third kappa shape index (κ3) is 5.10. The van der Waals surface area contributed by atoms with Gasteiger partial charge < -0.3 is 10.6 Å². The fourth-order valence-corrected chi connectivity index (χ4v) is 2.78. The predicted octanol–water partition coefficient (Wildman–Crippen LogP) is 4.24. The normalized spacial score (nSPS) is 13.7. The van der Waals surface area contributed by atoms with Crippen molar-refractivity contribution in [1.82, 2.24) is 15.6 Å². The van der Waals surface area contributed by atoms with Gasteiger partial charge in [0.15, 0.2) is 11.7 Å². The van der Waals surface area contributed by atoms with Crippen LogP contribution >= 0.6 is 22.9 Å². The Morgan fingerprint density at radius 3 is 2.54 bits per heavy atom. The van der Waals surface area contributed by atoms with E-state index in [0.717, 1.165) is 22.3 Å². The van der Waals surface area contributed by atoms with Gasteiger partial charge in [-0.3, -0.25) is 4.99 Å². The molecule has 0 saturated heterocycles. The van der Waals surface area contributed by atoms with Crippen molar-refractivity contribution in [3.63, 3.8) is 0 Å². The molecule has 4 nitrogen and oxygen atoms in total. The molecule has 1 unspecified atom stereocenters. The lowest BCUT2D eigenvalue weighted by Crippen LogP contribution is -2.38. The zero-order chi connectivity index (χ0) is 17.7. The van der Waals surface area contributed by atoms with Gasteiger partial charge in [0.25, 0.3) is 0 Å². The number of halogens is 4. The summed E-state index contributed by atoms with van der Waals surface area (Å²) in [5, 5.41) is 8.11. The van der Waals surface area contributed by atoms with Crippen molar-refractivity contribution in [2.75, 3.05) is 7.05 Å². The molecule has 1 aromatic heterocycles. The fourth-order valence-electron chi connectivity index (χ4n) is 1.92. The van der Waals surface area contributed by atoms with Crippen LogP contribution in [-0.4, -0.2) is 18.0 Å². The molecule has 2 aromatic rings. The van der Waals surface area contributed by atoms with Crippen LogP contribution < -0.4 is 10.6 Å². The highest BCUT2D eigenvalue weighted by atomic mass is 35.5. The SMILES string of the molecule is CN=C(NCc1nc(C(F)(F)F)cs1)NC(C)c1ccc(Cl)cc1. The molecule has 0 radical (unpaired) electrons. The Morgan fingerprint density at radius 2 is 2.00 bits per heavy atom. The number of aromatic nitrogens is 1. The summed E-state index contributed by atoms with van der Waals surface area (Å²) < 4.78 is 37.6. The maximum absolute atomic E-state index is 12.5. The minimum absolute atomic E-state index is 0.0458. The number of benzene rings is 1. The molecule has 0 spiro atoms. The van der Waals surface area contributed by atoms with Crippen molar-refractivity contribution in [2.45, 2.75) is 25.7 Å². The smallest absolute Gasteiger partial charge is 0.350 e. The first kappa shape index (κ1) is 18.5. The number of hydrogen-bond acceptors (Lipinski definition) is 3. The maximum Gasteiger partial charge on any atom is 0.434 e. The zero-order valence-electron chi connectivity index (χ0n) is 13.0.